The van der Waals surface area contributed by atoms with Crippen molar-refractivity contribution in [1.29, 1.82) is 5.26 Å². The number of rotatable bonds is 5. The molecule has 1 N–H and O–H groups in total. The maximum Gasteiger partial charge on any atom is 0.242 e. The highest BCUT2D eigenvalue weighted by molar-refractivity contribution is 7.89. The summed E-state index contributed by atoms with van der Waals surface area (Å²) in [5.74, 6) is 0. The van der Waals surface area contributed by atoms with Crippen molar-refractivity contribution in [1.82, 2.24) is 4.31 Å². The van der Waals surface area contributed by atoms with Crippen molar-refractivity contribution in [2.75, 3.05) is 20.2 Å². The Morgan fingerprint density at radius 1 is 1.47 bits per heavy atom. The van der Waals surface area contributed by atoms with Crippen LogP contribution >= 0.6 is 0 Å². The van der Waals surface area contributed by atoms with E-state index in [9.17, 15) is 8.42 Å². The molecular formula is C11H14N2O3S. The van der Waals surface area contributed by atoms with Gasteiger partial charge in [0.25, 0.3) is 0 Å². The van der Waals surface area contributed by atoms with Gasteiger partial charge in [0.1, 0.15) is 0 Å². The average molecular weight is 254 g/mol. The Labute approximate surface area is 101 Å². The van der Waals surface area contributed by atoms with Gasteiger partial charge in [0.2, 0.25) is 10.0 Å². The van der Waals surface area contributed by atoms with E-state index in [1.807, 2.05) is 6.07 Å². The summed E-state index contributed by atoms with van der Waals surface area (Å²) in [7, 11) is -2.12. The number of aliphatic hydroxyl groups is 1. The van der Waals surface area contributed by atoms with Crippen LogP contribution in [0.4, 0.5) is 0 Å². The smallest absolute Gasteiger partial charge is 0.242 e. The molecule has 0 aromatic heterocycles. The summed E-state index contributed by atoms with van der Waals surface area (Å²) in [6.45, 7) is 0.188. The summed E-state index contributed by atoms with van der Waals surface area (Å²) >= 11 is 0. The maximum atomic E-state index is 12.0. The van der Waals surface area contributed by atoms with Gasteiger partial charge >= 0.3 is 0 Å². The van der Waals surface area contributed by atoms with Crippen LogP contribution in [-0.4, -0.2) is 38.0 Å². The monoisotopic (exact) mass is 254 g/mol. The fourth-order valence-electron chi connectivity index (χ4n) is 1.32. The van der Waals surface area contributed by atoms with Crippen molar-refractivity contribution >= 4 is 10.0 Å². The Morgan fingerprint density at radius 3 is 2.76 bits per heavy atom. The molecule has 5 nitrogen and oxygen atoms in total. The quantitative estimate of drug-likeness (QED) is 0.832. The molecule has 92 valence electrons. The molecule has 0 amide bonds. The number of aliphatic hydroxyl groups excluding tert-OH is 1. The first kappa shape index (κ1) is 13.6. The Hall–Kier alpha value is -1.42. The molecule has 0 aliphatic rings. The molecule has 0 atom stereocenters. The summed E-state index contributed by atoms with van der Waals surface area (Å²) < 4.78 is 25.2. The normalized spacial score (nSPS) is 11.4. The van der Waals surface area contributed by atoms with Gasteiger partial charge in [-0.1, -0.05) is 6.07 Å². The van der Waals surface area contributed by atoms with Crippen LogP contribution in [0.3, 0.4) is 0 Å². The molecule has 0 unspecified atom stereocenters. The predicted molar refractivity (Wildman–Crippen MR) is 62.7 cm³/mol. The fraction of sp³-hybridized carbons (Fsp3) is 0.364. The van der Waals surface area contributed by atoms with E-state index in [2.05, 4.69) is 0 Å². The second-order valence-corrected chi connectivity index (χ2v) is 5.59. The zero-order chi connectivity index (χ0) is 12.9. The van der Waals surface area contributed by atoms with Crippen LogP contribution in [0.25, 0.3) is 0 Å². The second kappa shape index (κ2) is 5.77. The van der Waals surface area contributed by atoms with Gasteiger partial charge in [-0.05, 0) is 24.6 Å². The van der Waals surface area contributed by atoms with Gasteiger partial charge in [0, 0.05) is 20.2 Å². The van der Waals surface area contributed by atoms with Crippen molar-refractivity contribution in [3.63, 3.8) is 0 Å². The van der Waals surface area contributed by atoms with Gasteiger partial charge in [-0.15, -0.1) is 0 Å². The zero-order valence-electron chi connectivity index (χ0n) is 9.50. The first-order valence-corrected chi connectivity index (χ1v) is 6.53. The van der Waals surface area contributed by atoms with Gasteiger partial charge in [0.15, 0.2) is 0 Å². The molecule has 1 aromatic rings. The third-order valence-corrected chi connectivity index (χ3v) is 4.16. The number of nitriles is 1. The minimum Gasteiger partial charge on any atom is -0.396 e. The third kappa shape index (κ3) is 3.27. The Morgan fingerprint density at radius 2 is 2.18 bits per heavy atom. The van der Waals surface area contributed by atoms with Crippen LogP contribution in [0, 0.1) is 11.3 Å². The van der Waals surface area contributed by atoms with Gasteiger partial charge in [-0.2, -0.15) is 5.26 Å². The Balaban J connectivity index is 3.01. The molecule has 6 heteroatoms. The summed E-state index contributed by atoms with van der Waals surface area (Å²) in [6.07, 6.45) is 0.383. The lowest BCUT2D eigenvalue weighted by Crippen LogP contribution is -2.28. The lowest BCUT2D eigenvalue weighted by Gasteiger charge is -2.16. The molecule has 0 aliphatic carbocycles. The topological polar surface area (TPSA) is 81.4 Å². The second-order valence-electron chi connectivity index (χ2n) is 3.54. The predicted octanol–water partition coefficient (Wildman–Crippen LogP) is 0.561. The molecule has 1 rings (SSSR count). The summed E-state index contributed by atoms with van der Waals surface area (Å²) in [4.78, 5) is 0.0944. The zero-order valence-corrected chi connectivity index (χ0v) is 10.3. The standard InChI is InChI=1S/C11H14N2O3S/c1-13(6-3-7-14)17(15,16)11-5-2-4-10(8-11)9-12/h2,4-5,8,14H,3,6-7H2,1H3. The molecule has 0 spiro atoms. The van der Waals surface area contributed by atoms with Crippen LogP contribution in [0.2, 0.25) is 0 Å². The highest BCUT2D eigenvalue weighted by Crippen LogP contribution is 2.15. The molecule has 0 aliphatic heterocycles. The Kier molecular flexibility index (Phi) is 4.63. The van der Waals surface area contributed by atoms with E-state index in [1.54, 1.807) is 6.07 Å². The van der Waals surface area contributed by atoms with Crippen LogP contribution in [0.5, 0.6) is 0 Å². The lowest BCUT2D eigenvalue weighted by molar-refractivity contribution is 0.275. The lowest BCUT2D eigenvalue weighted by atomic mass is 10.2. The van der Waals surface area contributed by atoms with Crippen LogP contribution in [0.15, 0.2) is 29.2 Å². The molecule has 0 fully saturated rings. The molecule has 0 heterocycles. The first-order valence-electron chi connectivity index (χ1n) is 5.09. The fourth-order valence-corrected chi connectivity index (χ4v) is 2.58. The molecule has 0 saturated heterocycles. The van der Waals surface area contributed by atoms with Gasteiger partial charge < -0.3 is 5.11 Å². The number of benzene rings is 1. The highest BCUT2D eigenvalue weighted by Gasteiger charge is 2.20. The van der Waals surface area contributed by atoms with Crippen molar-refractivity contribution < 1.29 is 13.5 Å². The van der Waals surface area contributed by atoms with Gasteiger partial charge in [0.05, 0.1) is 16.5 Å². The molecule has 0 saturated carbocycles. The van der Waals surface area contributed by atoms with Crippen LogP contribution in [0.1, 0.15) is 12.0 Å². The Bertz CT molecular complexity index is 520. The van der Waals surface area contributed by atoms with Gasteiger partial charge in [-0.3, -0.25) is 0 Å². The number of hydrogen-bond donors (Lipinski definition) is 1. The molecule has 0 bridgehead atoms. The van der Waals surface area contributed by atoms with Gasteiger partial charge in [-0.25, -0.2) is 12.7 Å². The molecule has 1 aromatic carbocycles. The van der Waals surface area contributed by atoms with Crippen molar-refractivity contribution in [3.8, 4) is 6.07 Å². The SMILES string of the molecule is CN(CCCO)S(=O)(=O)c1cccc(C#N)c1. The largest absolute Gasteiger partial charge is 0.396 e. The summed E-state index contributed by atoms with van der Waals surface area (Å²) in [6, 6.07) is 7.77. The van der Waals surface area contributed by atoms with E-state index in [4.69, 9.17) is 10.4 Å². The summed E-state index contributed by atoms with van der Waals surface area (Å²) in [5, 5.41) is 17.4. The first-order chi connectivity index (χ1) is 8.02. The average Bonchev–Trinajstić information content (AvgIpc) is 2.35. The van der Waals surface area contributed by atoms with Crippen molar-refractivity contribution in [2.45, 2.75) is 11.3 Å². The van der Waals surface area contributed by atoms with E-state index in [-0.39, 0.29) is 18.0 Å². The number of hydrogen-bond acceptors (Lipinski definition) is 4. The summed E-state index contributed by atoms with van der Waals surface area (Å²) in [5.41, 5.74) is 0.307. The van der Waals surface area contributed by atoms with Crippen LogP contribution in [-0.2, 0) is 10.0 Å². The van der Waals surface area contributed by atoms with E-state index >= 15 is 0 Å². The molecule has 17 heavy (non-hydrogen) atoms. The minimum absolute atomic E-state index is 0.0574. The van der Waals surface area contributed by atoms with E-state index in [0.717, 1.165) is 0 Å². The molecule has 0 radical (unpaired) electrons. The third-order valence-electron chi connectivity index (χ3n) is 2.30. The van der Waals surface area contributed by atoms with E-state index < -0.39 is 10.0 Å². The minimum atomic E-state index is -3.57. The maximum absolute atomic E-state index is 12.0. The van der Waals surface area contributed by atoms with E-state index in [0.29, 0.717) is 12.0 Å². The van der Waals surface area contributed by atoms with Crippen molar-refractivity contribution in [3.05, 3.63) is 29.8 Å². The molecular weight excluding hydrogens is 240 g/mol. The number of nitrogens with zero attached hydrogens (tertiary/aromatic N) is 2. The highest BCUT2D eigenvalue weighted by atomic mass is 32.2. The van der Waals surface area contributed by atoms with E-state index in [1.165, 1.54) is 29.6 Å². The number of sulfonamides is 1. The van der Waals surface area contributed by atoms with Crippen LogP contribution < -0.4 is 0 Å². The van der Waals surface area contributed by atoms with Crippen molar-refractivity contribution in [2.24, 2.45) is 0 Å².